The molecular formula is C15H17F3N6OS. The Morgan fingerprint density at radius 3 is 2.65 bits per heavy atom. The highest BCUT2D eigenvalue weighted by molar-refractivity contribution is 7.99. The topological polar surface area (TPSA) is 66.6 Å². The molecule has 0 aliphatic carbocycles. The average Bonchev–Trinajstić information content (AvgIpc) is 3.28. The van der Waals surface area contributed by atoms with Gasteiger partial charge in [-0.15, -0.1) is 15.3 Å². The number of carbonyl (C=O) groups is 1. The van der Waals surface area contributed by atoms with Crippen LogP contribution in [0.3, 0.4) is 0 Å². The minimum atomic E-state index is -4.62. The quantitative estimate of drug-likeness (QED) is 0.780. The van der Waals surface area contributed by atoms with Gasteiger partial charge in [-0.25, -0.2) is 0 Å². The van der Waals surface area contributed by atoms with Crippen molar-refractivity contribution in [2.45, 2.75) is 12.6 Å². The van der Waals surface area contributed by atoms with Crippen LogP contribution < -0.4 is 4.90 Å². The fourth-order valence-electron chi connectivity index (χ4n) is 3.34. The Morgan fingerprint density at radius 1 is 1.15 bits per heavy atom. The second kappa shape index (κ2) is 6.60. The predicted molar refractivity (Wildman–Crippen MR) is 90.0 cm³/mol. The van der Waals surface area contributed by atoms with Crippen LogP contribution in [0.25, 0.3) is 5.65 Å². The summed E-state index contributed by atoms with van der Waals surface area (Å²) < 4.78 is 39.7. The summed E-state index contributed by atoms with van der Waals surface area (Å²) in [6.45, 7) is 2.57. The van der Waals surface area contributed by atoms with Gasteiger partial charge in [0.15, 0.2) is 5.65 Å². The molecule has 26 heavy (non-hydrogen) atoms. The number of hydrogen-bond acceptors (Lipinski definition) is 6. The van der Waals surface area contributed by atoms with Crippen LogP contribution in [0.5, 0.6) is 0 Å². The van der Waals surface area contributed by atoms with E-state index in [2.05, 4.69) is 15.3 Å². The Kier molecular flexibility index (Phi) is 4.41. The first-order chi connectivity index (χ1) is 12.4. The molecule has 0 bridgehead atoms. The number of fused-ring (bicyclic) bond motifs is 1. The zero-order chi connectivity index (χ0) is 18.3. The van der Waals surface area contributed by atoms with Gasteiger partial charge >= 0.3 is 6.18 Å². The van der Waals surface area contributed by atoms with Crippen LogP contribution in [0.4, 0.5) is 19.0 Å². The van der Waals surface area contributed by atoms with Crippen LogP contribution in [-0.4, -0.2) is 68.3 Å². The molecule has 2 aliphatic rings. The summed E-state index contributed by atoms with van der Waals surface area (Å²) in [5.74, 6) is 1.15. The average molecular weight is 386 g/mol. The van der Waals surface area contributed by atoms with Gasteiger partial charge in [0.25, 0.3) is 5.82 Å². The van der Waals surface area contributed by atoms with E-state index in [9.17, 15) is 18.0 Å². The molecule has 7 nitrogen and oxygen atoms in total. The minimum Gasteiger partial charge on any atom is -0.354 e. The van der Waals surface area contributed by atoms with E-state index in [0.717, 1.165) is 24.6 Å². The second-order valence-electron chi connectivity index (χ2n) is 6.35. The van der Waals surface area contributed by atoms with E-state index < -0.39 is 12.0 Å². The lowest BCUT2D eigenvalue weighted by Gasteiger charge is -2.29. The van der Waals surface area contributed by atoms with E-state index in [1.165, 1.54) is 6.07 Å². The molecular weight excluding hydrogens is 369 g/mol. The SMILES string of the molecule is O=C(C1CCN(c2ccc3nnc(C(F)(F)F)n3n2)C1)N1CCSCC1. The summed E-state index contributed by atoms with van der Waals surface area (Å²) in [6.07, 6.45) is -3.95. The maximum atomic E-state index is 13.0. The molecule has 2 saturated heterocycles. The molecule has 1 atom stereocenters. The summed E-state index contributed by atoms with van der Waals surface area (Å²) in [5.41, 5.74) is 0.0405. The molecule has 0 saturated carbocycles. The van der Waals surface area contributed by atoms with Crippen molar-refractivity contribution >= 4 is 29.1 Å². The normalized spacial score (nSPS) is 21.6. The molecule has 2 fully saturated rings. The Bertz CT molecular complexity index is 819. The van der Waals surface area contributed by atoms with Crippen LogP contribution in [0, 0.1) is 5.92 Å². The molecule has 2 aliphatic heterocycles. The fourth-order valence-corrected chi connectivity index (χ4v) is 4.24. The van der Waals surface area contributed by atoms with Crippen molar-refractivity contribution in [3.63, 3.8) is 0 Å². The van der Waals surface area contributed by atoms with E-state index in [0.29, 0.717) is 29.8 Å². The maximum absolute atomic E-state index is 13.0. The Morgan fingerprint density at radius 2 is 1.92 bits per heavy atom. The van der Waals surface area contributed by atoms with Crippen LogP contribution in [0.15, 0.2) is 12.1 Å². The van der Waals surface area contributed by atoms with E-state index in [1.54, 1.807) is 6.07 Å². The molecule has 0 N–H and O–H groups in total. The minimum absolute atomic E-state index is 0.0405. The van der Waals surface area contributed by atoms with Crippen molar-refractivity contribution < 1.29 is 18.0 Å². The summed E-state index contributed by atoms with van der Waals surface area (Å²) >= 11 is 1.84. The molecule has 0 aromatic carbocycles. The van der Waals surface area contributed by atoms with Crippen molar-refractivity contribution in [1.82, 2.24) is 24.7 Å². The van der Waals surface area contributed by atoms with Gasteiger partial charge in [0.1, 0.15) is 5.82 Å². The highest BCUT2D eigenvalue weighted by Gasteiger charge is 2.38. The van der Waals surface area contributed by atoms with Gasteiger partial charge in [0.2, 0.25) is 5.91 Å². The fraction of sp³-hybridized carbons (Fsp3) is 0.600. The van der Waals surface area contributed by atoms with Crippen LogP contribution in [0.2, 0.25) is 0 Å². The summed E-state index contributed by atoms with van der Waals surface area (Å²) in [7, 11) is 0. The summed E-state index contributed by atoms with van der Waals surface area (Å²) in [4.78, 5) is 16.4. The molecule has 4 heterocycles. The monoisotopic (exact) mass is 386 g/mol. The van der Waals surface area contributed by atoms with Gasteiger partial charge in [-0.1, -0.05) is 0 Å². The first-order valence-corrected chi connectivity index (χ1v) is 9.50. The Hall–Kier alpha value is -2.04. The number of hydrogen-bond donors (Lipinski definition) is 0. The number of aromatic nitrogens is 4. The third kappa shape index (κ3) is 3.19. The van der Waals surface area contributed by atoms with E-state index in [1.807, 2.05) is 21.6 Å². The molecule has 2 aromatic rings. The summed E-state index contributed by atoms with van der Waals surface area (Å²) in [6, 6.07) is 3.08. The van der Waals surface area contributed by atoms with Gasteiger partial charge in [-0.2, -0.15) is 29.4 Å². The van der Waals surface area contributed by atoms with Crippen molar-refractivity contribution in [2.24, 2.45) is 5.92 Å². The smallest absolute Gasteiger partial charge is 0.354 e. The van der Waals surface area contributed by atoms with Crippen molar-refractivity contribution in [2.75, 3.05) is 42.6 Å². The lowest BCUT2D eigenvalue weighted by molar-refractivity contribution is -0.146. The third-order valence-electron chi connectivity index (χ3n) is 4.69. The lowest BCUT2D eigenvalue weighted by Crippen LogP contribution is -2.42. The van der Waals surface area contributed by atoms with Gasteiger partial charge in [0, 0.05) is 37.7 Å². The molecule has 0 radical (unpaired) electrons. The van der Waals surface area contributed by atoms with Crippen molar-refractivity contribution in [3.05, 3.63) is 18.0 Å². The highest BCUT2D eigenvalue weighted by atomic mass is 32.2. The molecule has 1 amide bonds. The zero-order valence-electron chi connectivity index (χ0n) is 13.8. The molecule has 140 valence electrons. The second-order valence-corrected chi connectivity index (χ2v) is 7.58. The Balaban J connectivity index is 1.52. The van der Waals surface area contributed by atoms with E-state index in [-0.39, 0.29) is 17.5 Å². The van der Waals surface area contributed by atoms with E-state index in [4.69, 9.17) is 0 Å². The number of carbonyl (C=O) groups excluding carboxylic acids is 1. The van der Waals surface area contributed by atoms with Gasteiger partial charge in [-0.05, 0) is 18.6 Å². The molecule has 4 rings (SSSR count). The molecule has 2 aromatic heterocycles. The maximum Gasteiger partial charge on any atom is 0.453 e. The molecule has 0 spiro atoms. The molecule has 1 unspecified atom stereocenters. The number of anilines is 1. The van der Waals surface area contributed by atoms with Gasteiger partial charge < -0.3 is 9.80 Å². The van der Waals surface area contributed by atoms with Crippen LogP contribution in [0.1, 0.15) is 12.2 Å². The number of amides is 1. The van der Waals surface area contributed by atoms with Crippen molar-refractivity contribution in [1.29, 1.82) is 0 Å². The predicted octanol–water partition coefficient (Wildman–Crippen LogP) is 1.54. The number of rotatable bonds is 2. The Labute approximate surface area is 151 Å². The first kappa shape index (κ1) is 17.4. The number of alkyl halides is 3. The largest absolute Gasteiger partial charge is 0.453 e. The first-order valence-electron chi connectivity index (χ1n) is 8.34. The highest BCUT2D eigenvalue weighted by Crippen LogP contribution is 2.29. The van der Waals surface area contributed by atoms with Crippen LogP contribution in [-0.2, 0) is 11.0 Å². The number of nitrogens with zero attached hydrogens (tertiary/aromatic N) is 6. The zero-order valence-corrected chi connectivity index (χ0v) is 14.6. The third-order valence-corrected chi connectivity index (χ3v) is 5.63. The molecule has 11 heteroatoms. The van der Waals surface area contributed by atoms with Crippen molar-refractivity contribution in [3.8, 4) is 0 Å². The van der Waals surface area contributed by atoms with E-state index >= 15 is 0 Å². The lowest BCUT2D eigenvalue weighted by atomic mass is 10.1. The van der Waals surface area contributed by atoms with Crippen LogP contribution >= 0.6 is 11.8 Å². The number of halogens is 3. The standard InChI is InChI=1S/C15H17F3N6OS/c16-15(17,18)14-20-19-11-1-2-12(21-24(11)14)23-4-3-10(9-23)13(25)22-5-7-26-8-6-22/h1-2,10H,3-9H2. The number of thioether (sulfide) groups is 1. The summed E-state index contributed by atoms with van der Waals surface area (Å²) in [5, 5.41) is 10.7. The van der Waals surface area contributed by atoms with Gasteiger partial charge in [-0.3, -0.25) is 4.79 Å². The van der Waals surface area contributed by atoms with Gasteiger partial charge in [0.05, 0.1) is 5.92 Å².